The van der Waals surface area contributed by atoms with Gasteiger partial charge in [0.15, 0.2) is 9.84 Å². The number of fused-ring (bicyclic) bond motifs is 1. The van der Waals surface area contributed by atoms with Gasteiger partial charge in [0.25, 0.3) is 0 Å². The van der Waals surface area contributed by atoms with Crippen LogP contribution in [0.15, 0.2) is 35.2 Å². The summed E-state index contributed by atoms with van der Waals surface area (Å²) in [5, 5.41) is 0. The first-order valence-corrected chi connectivity index (χ1v) is 15.6. The predicted molar refractivity (Wildman–Crippen MR) is 140 cm³/mol. The third-order valence-electron chi connectivity index (χ3n) is 7.80. The normalized spacial score (nSPS) is 22.9. The van der Waals surface area contributed by atoms with Gasteiger partial charge in [-0.3, -0.25) is 9.69 Å². The number of Topliss-reactive ketones (excluding diaryl/α,β-unsaturated/α-hetero) is 1. The van der Waals surface area contributed by atoms with E-state index in [4.69, 9.17) is 0 Å². The fourth-order valence-corrected chi connectivity index (χ4v) is 8.22. The van der Waals surface area contributed by atoms with Gasteiger partial charge in [0.2, 0.25) is 0 Å². The number of benzene rings is 1. The highest BCUT2D eigenvalue weighted by Gasteiger charge is 2.42. The lowest BCUT2D eigenvalue weighted by molar-refractivity contribution is -0.184. The Balaban J connectivity index is 1.35. The molecule has 0 bridgehead atoms. The van der Waals surface area contributed by atoms with E-state index in [2.05, 4.69) is 24.8 Å². The fraction of sp³-hybridized carbons (Fsp3) is 0.607. The Bertz CT molecular complexity index is 1190. The number of rotatable bonds is 9. The van der Waals surface area contributed by atoms with Crippen LogP contribution in [0.1, 0.15) is 73.4 Å². The summed E-state index contributed by atoms with van der Waals surface area (Å²) < 4.78 is 63.1. The van der Waals surface area contributed by atoms with Crippen molar-refractivity contribution in [2.75, 3.05) is 12.3 Å². The Labute approximate surface area is 222 Å². The summed E-state index contributed by atoms with van der Waals surface area (Å²) in [7, 11) is -3.26. The molecule has 0 spiro atoms. The summed E-state index contributed by atoms with van der Waals surface area (Å²) in [5.74, 6) is -0.346. The minimum atomic E-state index is -4.07. The van der Waals surface area contributed by atoms with Crippen LogP contribution in [0.3, 0.4) is 0 Å². The van der Waals surface area contributed by atoms with Crippen molar-refractivity contribution in [3.63, 3.8) is 0 Å². The van der Waals surface area contributed by atoms with E-state index in [1.807, 2.05) is 0 Å². The lowest BCUT2D eigenvalue weighted by atomic mass is 9.81. The van der Waals surface area contributed by atoms with Crippen molar-refractivity contribution >= 4 is 27.0 Å². The molecule has 204 valence electrons. The molecule has 4 nitrogen and oxygen atoms in total. The molecule has 0 unspecified atom stereocenters. The SMILES string of the molecule is CCS(=O)(=O)c1ccc(CC(=O)Cc2cc3c(s2)[C@@H](C(C)C)N(CC2CCC(C(F)(F)F)CC2)C3)cc1. The molecule has 1 saturated carbocycles. The summed E-state index contributed by atoms with van der Waals surface area (Å²) in [4.78, 5) is 17.8. The van der Waals surface area contributed by atoms with Gasteiger partial charge in [-0.2, -0.15) is 13.2 Å². The van der Waals surface area contributed by atoms with E-state index in [1.165, 1.54) is 10.4 Å². The van der Waals surface area contributed by atoms with Crippen molar-refractivity contribution < 1.29 is 26.4 Å². The molecule has 2 aromatic rings. The first-order valence-electron chi connectivity index (χ1n) is 13.1. The molecule has 2 aliphatic rings. The van der Waals surface area contributed by atoms with Crippen LogP contribution in [0.25, 0.3) is 0 Å². The van der Waals surface area contributed by atoms with E-state index in [-0.39, 0.29) is 41.7 Å². The molecule has 0 radical (unpaired) electrons. The van der Waals surface area contributed by atoms with Crippen LogP contribution in [0.2, 0.25) is 0 Å². The number of hydrogen-bond donors (Lipinski definition) is 0. The average Bonchev–Trinajstić information content (AvgIpc) is 3.35. The van der Waals surface area contributed by atoms with Crippen molar-refractivity contribution in [3.05, 3.63) is 51.2 Å². The molecule has 0 saturated heterocycles. The van der Waals surface area contributed by atoms with Gasteiger partial charge in [-0.15, -0.1) is 11.3 Å². The molecule has 0 amide bonds. The molecule has 1 aliphatic heterocycles. The molecule has 1 aromatic carbocycles. The predicted octanol–water partition coefficient (Wildman–Crippen LogP) is 6.78. The van der Waals surface area contributed by atoms with Gasteiger partial charge in [0, 0.05) is 41.7 Å². The van der Waals surface area contributed by atoms with Crippen molar-refractivity contribution in [1.82, 2.24) is 4.90 Å². The van der Waals surface area contributed by atoms with E-state index >= 15 is 0 Å². The number of carbonyl (C=O) groups excluding carboxylic acids is 1. The molecule has 1 aliphatic carbocycles. The van der Waals surface area contributed by atoms with Gasteiger partial charge in [-0.05, 0) is 66.8 Å². The van der Waals surface area contributed by atoms with E-state index in [1.54, 1.807) is 42.5 Å². The van der Waals surface area contributed by atoms with Crippen LogP contribution in [0, 0.1) is 17.8 Å². The molecule has 0 N–H and O–H groups in total. The van der Waals surface area contributed by atoms with E-state index in [0.29, 0.717) is 31.1 Å². The number of ketones is 1. The largest absolute Gasteiger partial charge is 0.391 e. The summed E-state index contributed by atoms with van der Waals surface area (Å²) in [6.45, 7) is 7.58. The quantitative estimate of drug-likeness (QED) is 0.342. The maximum Gasteiger partial charge on any atom is 0.391 e. The number of carbonyl (C=O) groups is 1. The Hall–Kier alpha value is -1.71. The number of nitrogens with zero attached hydrogens (tertiary/aromatic N) is 1. The number of thiophene rings is 1. The minimum absolute atomic E-state index is 0.0440. The molecule has 9 heteroatoms. The van der Waals surface area contributed by atoms with Crippen LogP contribution in [0.4, 0.5) is 13.2 Å². The van der Waals surface area contributed by atoms with E-state index in [0.717, 1.165) is 23.5 Å². The molecule has 4 rings (SSSR count). The van der Waals surface area contributed by atoms with Crippen LogP contribution in [0.5, 0.6) is 0 Å². The second-order valence-corrected chi connectivity index (χ2v) is 14.4. The molecule has 37 heavy (non-hydrogen) atoms. The molecule has 2 heterocycles. The zero-order chi connectivity index (χ0) is 27.0. The van der Waals surface area contributed by atoms with Gasteiger partial charge in [0.05, 0.1) is 16.6 Å². The highest BCUT2D eigenvalue weighted by atomic mass is 32.2. The van der Waals surface area contributed by atoms with E-state index in [9.17, 15) is 26.4 Å². The Morgan fingerprint density at radius 3 is 2.30 bits per heavy atom. The van der Waals surface area contributed by atoms with Crippen molar-refractivity contribution in [2.45, 2.75) is 83.0 Å². The topological polar surface area (TPSA) is 54.5 Å². The van der Waals surface area contributed by atoms with Crippen LogP contribution < -0.4 is 0 Å². The lowest BCUT2D eigenvalue weighted by Crippen LogP contribution is -2.35. The lowest BCUT2D eigenvalue weighted by Gasteiger charge is -2.35. The zero-order valence-corrected chi connectivity index (χ0v) is 23.3. The maximum atomic E-state index is 13.0. The monoisotopic (exact) mass is 555 g/mol. The standard InChI is InChI=1S/C28H36F3NO3S2/c1-4-37(34,35)25-11-7-19(8-12-25)13-23(33)15-24-14-21-17-32(26(18(2)3)27(21)36-24)16-20-5-9-22(10-6-20)28(29,30)31/h7-8,11-12,14,18,20,22,26H,4-6,9-10,13,15-17H2,1-3H3/t20?,22?,26-/m1/s1. The Morgan fingerprint density at radius 2 is 1.73 bits per heavy atom. The number of hydrogen-bond acceptors (Lipinski definition) is 5. The van der Waals surface area contributed by atoms with Gasteiger partial charge in [-0.25, -0.2) is 8.42 Å². The highest BCUT2D eigenvalue weighted by Crippen LogP contribution is 2.46. The molecular formula is C28H36F3NO3S2. The summed E-state index contributed by atoms with van der Waals surface area (Å²) in [5.41, 5.74) is 2.04. The molecule has 1 fully saturated rings. The first-order chi connectivity index (χ1) is 17.4. The third-order valence-corrected chi connectivity index (χ3v) is 10.8. The fourth-order valence-electron chi connectivity index (χ4n) is 5.82. The Kier molecular flexibility index (Phi) is 8.56. The number of alkyl halides is 3. The van der Waals surface area contributed by atoms with Crippen molar-refractivity contribution in [3.8, 4) is 0 Å². The third kappa shape index (κ3) is 6.66. The van der Waals surface area contributed by atoms with Crippen LogP contribution in [-0.2, 0) is 34.0 Å². The van der Waals surface area contributed by atoms with Gasteiger partial charge in [-0.1, -0.05) is 32.9 Å². The van der Waals surface area contributed by atoms with Gasteiger partial charge >= 0.3 is 6.18 Å². The minimum Gasteiger partial charge on any atom is -0.299 e. The summed E-state index contributed by atoms with van der Waals surface area (Å²) in [6, 6.07) is 8.92. The van der Waals surface area contributed by atoms with Gasteiger partial charge in [0.1, 0.15) is 5.78 Å². The average molecular weight is 556 g/mol. The summed E-state index contributed by atoms with van der Waals surface area (Å²) in [6.07, 6.45) is -1.74. The van der Waals surface area contributed by atoms with Crippen LogP contribution in [-0.4, -0.2) is 37.6 Å². The van der Waals surface area contributed by atoms with Gasteiger partial charge < -0.3 is 0 Å². The first kappa shape index (κ1) is 28.3. The maximum absolute atomic E-state index is 13.0. The second-order valence-electron chi connectivity index (χ2n) is 10.9. The highest BCUT2D eigenvalue weighted by molar-refractivity contribution is 7.91. The van der Waals surface area contributed by atoms with Crippen molar-refractivity contribution in [2.24, 2.45) is 17.8 Å². The number of halogens is 3. The second kappa shape index (κ2) is 11.2. The molecule has 1 atom stereocenters. The van der Waals surface area contributed by atoms with Crippen LogP contribution >= 0.6 is 11.3 Å². The summed E-state index contributed by atoms with van der Waals surface area (Å²) >= 11 is 1.69. The smallest absolute Gasteiger partial charge is 0.299 e. The van der Waals surface area contributed by atoms with E-state index < -0.39 is 21.9 Å². The zero-order valence-electron chi connectivity index (χ0n) is 21.7. The Morgan fingerprint density at radius 1 is 1.08 bits per heavy atom. The molecule has 1 aromatic heterocycles. The number of sulfone groups is 1. The molecular weight excluding hydrogens is 519 g/mol. The van der Waals surface area contributed by atoms with Crippen molar-refractivity contribution in [1.29, 1.82) is 0 Å².